The maximum absolute atomic E-state index is 4.21. The quantitative estimate of drug-likeness (QED) is 0.823. The van der Waals surface area contributed by atoms with Gasteiger partial charge in [-0.25, -0.2) is 0 Å². The number of hydrogen-bond acceptors (Lipinski definition) is 3. The summed E-state index contributed by atoms with van der Waals surface area (Å²) in [6.45, 7) is 5.73. The van der Waals surface area contributed by atoms with Crippen LogP contribution in [-0.4, -0.2) is 40.9 Å². The van der Waals surface area contributed by atoms with Crippen LogP contribution in [0.3, 0.4) is 0 Å². The van der Waals surface area contributed by atoms with Crippen LogP contribution >= 0.6 is 0 Å². The third-order valence-electron chi connectivity index (χ3n) is 3.52. The molecule has 1 N–H and O–H groups in total. The number of aromatic nitrogens is 2. The lowest BCUT2D eigenvalue weighted by Gasteiger charge is -2.36. The molecule has 1 fully saturated rings. The predicted octanol–water partition coefficient (Wildman–Crippen LogP) is 0.850. The van der Waals surface area contributed by atoms with Gasteiger partial charge in [0.15, 0.2) is 0 Å². The Bertz CT molecular complexity index is 334. The molecule has 1 saturated heterocycles. The first-order chi connectivity index (χ1) is 7.69. The second-order valence-electron chi connectivity index (χ2n) is 4.92. The zero-order valence-corrected chi connectivity index (χ0v) is 10.5. The van der Waals surface area contributed by atoms with E-state index in [4.69, 9.17) is 0 Å². The van der Waals surface area contributed by atoms with Crippen LogP contribution in [0.2, 0.25) is 0 Å². The molecule has 2 rings (SSSR count). The van der Waals surface area contributed by atoms with Crippen molar-refractivity contribution in [2.75, 3.05) is 20.1 Å². The van der Waals surface area contributed by atoms with Crippen LogP contribution in [-0.2, 0) is 13.6 Å². The number of aryl methyl sites for hydroxylation is 1. The summed E-state index contributed by atoms with van der Waals surface area (Å²) in [6.07, 6.45) is 5.32. The Labute approximate surface area is 97.6 Å². The lowest BCUT2D eigenvalue weighted by Crippen LogP contribution is -2.46. The number of nitrogens with one attached hydrogen (secondary N) is 1. The van der Waals surface area contributed by atoms with Crippen LogP contribution in [0, 0.1) is 5.92 Å². The van der Waals surface area contributed by atoms with Gasteiger partial charge in [-0.1, -0.05) is 6.92 Å². The number of piperidine rings is 1. The van der Waals surface area contributed by atoms with E-state index in [0.29, 0.717) is 6.04 Å². The lowest BCUT2D eigenvalue weighted by molar-refractivity contribution is 0.145. The summed E-state index contributed by atoms with van der Waals surface area (Å²) in [4.78, 5) is 2.52. The highest BCUT2D eigenvalue weighted by Gasteiger charge is 2.24. The highest BCUT2D eigenvalue weighted by molar-refractivity contribution is 5.03. The Balaban J connectivity index is 1.88. The molecule has 2 heterocycles. The van der Waals surface area contributed by atoms with Crippen molar-refractivity contribution in [2.24, 2.45) is 13.0 Å². The molecule has 1 aromatic heterocycles. The number of nitrogens with zero attached hydrogens (tertiary/aromatic N) is 3. The van der Waals surface area contributed by atoms with Crippen LogP contribution in [0.15, 0.2) is 12.4 Å². The van der Waals surface area contributed by atoms with Gasteiger partial charge >= 0.3 is 0 Å². The van der Waals surface area contributed by atoms with Gasteiger partial charge in [0, 0.05) is 37.9 Å². The molecule has 1 aromatic rings. The molecule has 2 atom stereocenters. The third kappa shape index (κ3) is 2.62. The molecule has 1 aliphatic heterocycles. The van der Waals surface area contributed by atoms with E-state index >= 15 is 0 Å². The molecular formula is C12H22N4. The molecule has 0 spiro atoms. The average molecular weight is 222 g/mol. The van der Waals surface area contributed by atoms with E-state index in [-0.39, 0.29) is 0 Å². The molecule has 4 heteroatoms. The zero-order chi connectivity index (χ0) is 11.5. The van der Waals surface area contributed by atoms with Crippen molar-refractivity contribution in [3.63, 3.8) is 0 Å². The van der Waals surface area contributed by atoms with Gasteiger partial charge in [-0.3, -0.25) is 9.58 Å². The van der Waals surface area contributed by atoms with Gasteiger partial charge in [-0.05, 0) is 25.9 Å². The molecule has 2 unspecified atom stereocenters. The largest absolute Gasteiger partial charge is 0.317 e. The average Bonchev–Trinajstić information content (AvgIpc) is 2.64. The second kappa shape index (κ2) is 4.97. The van der Waals surface area contributed by atoms with Crippen molar-refractivity contribution in [1.82, 2.24) is 20.0 Å². The SMILES string of the molecule is CNC1CCN(Cc2cnn(C)c2)CC1C. The van der Waals surface area contributed by atoms with Gasteiger partial charge in [-0.2, -0.15) is 5.10 Å². The molecule has 0 aromatic carbocycles. The first-order valence-electron chi connectivity index (χ1n) is 6.06. The summed E-state index contributed by atoms with van der Waals surface area (Å²) >= 11 is 0. The third-order valence-corrected chi connectivity index (χ3v) is 3.52. The summed E-state index contributed by atoms with van der Waals surface area (Å²) < 4.78 is 1.87. The predicted molar refractivity (Wildman–Crippen MR) is 65.1 cm³/mol. The number of rotatable bonds is 3. The van der Waals surface area contributed by atoms with Crippen molar-refractivity contribution in [3.8, 4) is 0 Å². The molecule has 0 radical (unpaired) electrons. The fourth-order valence-corrected chi connectivity index (χ4v) is 2.62. The lowest BCUT2D eigenvalue weighted by atomic mass is 9.94. The Morgan fingerprint density at radius 1 is 1.56 bits per heavy atom. The van der Waals surface area contributed by atoms with Crippen molar-refractivity contribution >= 4 is 0 Å². The molecule has 0 aliphatic carbocycles. The molecule has 16 heavy (non-hydrogen) atoms. The number of likely N-dealkylation sites (tertiary alicyclic amines) is 1. The van der Waals surface area contributed by atoms with Gasteiger partial charge in [0.2, 0.25) is 0 Å². The van der Waals surface area contributed by atoms with E-state index in [9.17, 15) is 0 Å². The Morgan fingerprint density at radius 3 is 2.94 bits per heavy atom. The Kier molecular flexibility index (Phi) is 3.61. The van der Waals surface area contributed by atoms with Crippen LogP contribution in [0.5, 0.6) is 0 Å². The fourth-order valence-electron chi connectivity index (χ4n) is 2.62. The van der Waals surface area contributed by atoms with E-state index in [0.717, 1.165) is 12.5 Å². The number of hydrogen-bond donors (Lipinski definition) is 1. The summed E-state index contributed by atoms with van der Waals surface area (Å²) in [5.41, 5.74) is 1.32. The van der Waals surface area contributed by atoms with E-state index in [1.54, 1.807) is 0 Å². The van der Waals surface area contributed by atoms with Crippen LogP contribution in [0.25, 0.3) is 0 Å². The minimum atomic E-state index is 0.685. The Morgan fingerprint density at radius 2 is 2.38 bits per heavy atom. The van der Waals surface area contributed by atoms with Gasteiger partial charge in [0.1, 0.15) is 0 Å². The Hall–Kier alpha value is -0.870. The monoisotopic (exact) mass is 222 g/mol. The van der Waals surface area contributed by atoms with Gasteiger partial charge in [0.05, 0.1) is 6.20 Å². The van der Waals surface area contributed by atoms with Crippen LogP contribution < -0.4 is 5.32 Å². The van der Waals surface area contributed by atoms with Gasteiger partial charge in [-0.15, -0.1) is 0 Å². The van der Waals surface area contributed by atoms with Crippen LogP contribution in [0.1, 0.15) is 18.9 Å². The molecule has 0 saturated carbocycles. The molecular weight excluding hydrogens is 200 g/mol. The highest BCUT2D eigenvalue weighted by atomic mass is 15.2. The molecule has 0 bridgehead atoms. The van der Waals surface area contributed by atoms with Crippen molar-refractivity contribution in [2.45, 2.75) is 25.9 Å². The zero-order valence-electron chi connectivity index (χ0n) is 10.5. The van der Waals surface area contributed by atoms with E-state index < -0.39 is 0 Å². The minimum absolute atomic E-state index is 0.685. The minimum Gasteiger partial charge on any atom is -0.317 e. The van der Waals surface area contributed by atoms with E-state index in [1.807, 2.05) is 17.9 Å². The topological polar surface area (TPSA) is 33.1 Å². The summed E-state index contributed by atoms with van der Waals surface area (Å²) in [5.74, 6) is 0.732. The standard InChI is InChI=1S/C12H22N4/c1-10-7-16(5-4-12(10)13-2)9-11-6-14-15(3)8-11/h6,8,10,12-13H,4-5,7,9H2,1-3H3. The highest BCUT2D eigenvalue weighted by Crippen LogP contribution is 2.18. The van der Waals surface area contributed by atoms with E-state index in [2.05, 4.69) is 35.5 Å². The second-order valence-corrected chi connectivity index (χ2v) is 4.92. The molecule has 4 nitrogen and oxygen atoms in total. The smallest absolute Gasteiger partial charge is 0.0534 e. The summed E-state index contributed by atoms with van der Waals surface area (Å²) in [6, 6.07) is 0.685. The van der Waals surface area contributed by atoms with Crippen molar-refractivity contribution < 1.29 is 0 Å². The maximum Gasteiger partial charge on any atom is 0.0534 e. The fraction of sp³-hybridized carbons (Fsp3) is 0.750. The summed E-state index contributed by atoms with van der Waals surface area (Å²) in [7, 11) is 4.04. The summed E-state index contributed by atoms with van der Waals surface area (Å²) in [5, 5.41) is 7.61. The van der Waals surface area contributed by atoms with Crippen LogP contribution in [0.4, 0.5) is 0 Å². The van der Waals surface area contributed by atoms with E-state index in [1.165, 1.54) is 25.1 Å². The first kappa shape index (κ1) is 11.6. The van der Waals surface area contributed by atoms with Gasteiger partial charge < -0.3 is 5.32 Å². The first-order valence-corrected chi connectivity index (χ1v) is 6.06. The van der Waals surface area contributed by atoms with Crippen molar-refractivity contribution in [3.05, 3.63) is 18.0 Å². The molecule has 90 valence electrons. The van der Waals surface area contributed by atoms with Crippen molar-refractivity contribution in [1.29, 1.82) is 0 Å². The molecule has 0 amide bonds. The maximum atomic E-state index is 4.21. The molecule has 1 aliphatic rings. The normalized spacial score (nSPS) is 27.2. The van der Waals surface area contributed by atoms with Gasteiger partial charge in [0.25, 0.3) is 0 Å².